The van der Waals surface area contributed by atoms with Gasteiger partial charge in [0.1, 0.15) is 0 Å². The smallest absolute Gasteiger partial charge is 0.261 e. The molecular weight excluding hydrogens is 234 g/mol. The molecule has 0 aliphatic carbocycles. The van der Waals surface area contributed by atoms with Gasteiger partial charge in [0.25, 0.3) is 10.0 Å². The fourth-order valence-corrected chi connectivity index (χ4v) is 2.52. The lowest BCUT2D eigenvalue weighted by Gasteiger charge is -2.08. The number of hydrogen-bond acceptors (Lipinski definition) is 2. The Morgan fingerprint density at radius 2 is 1.65 bits per heavy atom. The molecule has 0 unspecified atom stereocenters. The van der Waals surface area contributed by atoms with E-state index in [0.717, 1.165) is 5.56 Å². The summed E-state index contributed by atoms with van der Waals surface area (Å²) in [7, 11) is -3.51. The van der Waals surface area contributed by atoms with Crippen molar-refractivity contribution < 1.29 is 8.42 Å². The summed E-state index contributed by atoms with van der Waals surface area (Å²) in [5.74, 6) is 0. The van der Waals surface area contributed by atoms with Gasteiger partial charge >= 0.3 is 0 Å². The maximum atomic E-state index is 12.0. The number of sulfonamides is 1. The van der Waals surface area contributed by atoms with Crippen LogP contribution in [-0.2, 0) is 10.0 Å². The Hall–Kier alpha value is -1.81. The van der Waals surface area contributed by atoms with Crippen molar-refractivity contribution in [2.24, 2.45) is 0 Å². The number of anilines is 1. The number of benzene rings is 2. The highest BCUT2D eigenvalue weighted by Crippen LogP contribution is 2.16. The molecule has 2 rings (SSSR count). The first-order valence-electron chi connectivity index (χ1n) is 5.08. The van der Waals surface area contributed by atoms with Gasteiger partial charge in [-0.25, -0.2) is 8.42 Å². The molecule has 4 heteroatoms. The minimum atomic E-state index is -3.51. The van der Waals surface area contributed by atoms with Gasteiger partial charge in [-0.05, 0) is 36.8 Å². The zero-order chi connectivity index (χ0) is 12.3. The van der Waals surface area contributed by atoms with E-state index in [-0.39, 0.29) is 4.90 Å². The number of nitrogens with one attached hydrogen (secondary N) is 1. The highest BCUT2D eigenvalue weighted by atomic mass is 32.2. The number of rotatable bonds is 3. The molecule has 1 N–H and O–H groups in total. The molecular formula is C13H12NO2S. The molecule has 0 bridgehead atoms. The molecule has 0 saturated carbocycles. The van der Waals surface area contributed by atoms with Gasteiger partial charge < -0.3 is 0 Å². The van der Waals surface area contributed by atoms with E-state index in [0.29, 0.717) is 5.69 Å². The molecule has 17 heavy (non-hydrogen) atoms. The lowest BCUT2D eigenvalue weighted by Crippen LogP contribution is -2.12. The van der Waals surface area contributed by atoms with E-state index >= 15 is 0 Å². The lowest BCUT2D eigenvalue weighted by atomic mass is 10.2. The standard InChI is InChI=1S/C13H12NO2S/c1-11-6-5-7-12(10-11)14-17(15,16)13-8-3-2-4-9-13/h2-10,14H,1H2. The van der Waals surface area contributed by atoms with Crippen LogP contribution in [0.3, 0.4) is 0 Å². The van der Waals surface area contributed by atoms with E-state index in [1.165, 1.54) is 0 Å². The third kappa shape index (κ3) is 2.85. The minimum Gasteiger partial charge on any atom is -0.280 e. The molecule has 2 aromatic carbocycles. The Balaban J connectivity index is 2.30. The molecule has 0 atom stereocenters. The Kier molecular flexibility index (Phi) is 3.15. The predicted octanol–water partition coefficient (Wildman–Crippen LogP) is 2.67. The van der Waals surface area contributed by atoms with Crippen LogP contribution in [0.25, 0.3) is 0 Å². The average Bonchev–Trinajstić information content (AvgIpc) is 2.29. The van der Waals surface area contributed by atoms with Crippen LogP contribution < -0.4 is 4.72 Å². The second kappa shape index (κ2) is 4.59. The van der Waals surface area contributed by atoms with E-state index in [9.17, 15) is 8.42 Å². The summed E-state index contributed by atoms with van der Waals surface area (Å²) in [6.07, 6.45) is 0. The fraction of sp³-hybridized carbons (Fsp3) is 0. The average molecular weight is 246 g/mol. The van der Waals surface area contributed by atoms with Crippen molar-refractivity contribution in [3.05, 3.63) is 67.1 Å². The van der Waals surface area contributed by atoms with Crippen LogP contribution in [0.1, 0.15) is 5.56 Å². The highest BCUT2D eigenvalue weighted by molar-refractivity contribution is 7.92. The van der Waals surface area contributed by atoms with Gasteiger partial charge in [0.05, 0.1) is 4.90 Å². The summed E-state index contributed by atoms with van der Waals surface area (Å²) >= 11 is 0. The van der Waals surface area contributed by atoms with Crippen LogP contribution in [0.4, 0.5) is 5.69 Å². The molecule has 3 nitrogen and oxygen atoms in total. The molecule has 0 aromatic heterocycles. The Labute approximate surface area is 101 Å². The summed E-state index contributed by atoms with van der Waals surface area (Å²) in [6.45, 7) is 3.75. The van der Waals surface area contributed by atoms with E-state index in [1.807, 2.05) is 0 Å². The van der Waals surface area contributed by atoms with Crippen molar-refractivity contribution in [3.63, 3.8) is 0 Å². The van der Waals surface area contributed by atoms with Gasteiger partial charge in [0.2, 0.25) is 0 Å². The van der Waals surface area contributed by atoms with Crippen LogP contribution in [0, 0.1) is 6.92 Å². The van der Waals surface area contributed by atoms with E-state index in [1.54, 1.807) is 54.6 Å². The second-order valence-corrected chi connectivity index (χ2v) is 5.30. The van der Waals surface area contributed by atoms with Gasteiger partial charge in [-0.1, -0.05) is 30.3 Å². The van der Waals surface area contributed by atoms with Gasteiger partial charge in [-0.3, -0.25) is 4.72 Å². The third-order valence-corrected chi connectivity index (χ3v) is 3.63. The van der Waals surface area contributed by atoms with Gasteiger partial charge in [-0.15, -0.1) is 0 Å². The van der Waals surface area contributed by atoms with Crippen molar-refractivity contribution in [1.82, 2.24) is 0 Å². The molecule has 1 radical (unpaired) electrons. The van der Waals surface area contributed by atoms with Crippen LogP contribution in [0.15, 0.2) is 59.5 Å². The molecule has 87 valence electrons. The van der Waals surface area contributed by atoms with Crippen molar-refractivity contribution in [3.8, 4) is 0 Å². The summed E-state index contributed by atoms with van der Waals surface area (Å²) in [5.41, 5.74) is 1.28. The minimum absolute atomic E-state index is 0.245. The van der Waals surface area contributed by atoms with Crippen molar-refractivity contribution >= 4 is 15.7 Å². The maximum absolute atomic E-state index is 12.0. The van der Waals surface area contributed by atoms with Crippen molar-refractivity contribution in [2.45, 2.75) is 4.90 Å². The summed E-state index contributed by atoms with van der Waals surface area (Å²) in [6, 6.07) is 15.2. The molecule has 0 fully saturated rings. The Morgan fingerprint density at radius 3 is 2.29 bits per heavy atom. The normalized spacial score (nSPS) is 11.1. The quantitative estimate of drug-likeness (QED) is 0.905. The maximum Gasteiger partial charge on any atom is 0.261 e. The molecule has 0 spiro atoms. The molecule has 0 amide bonds. The second-order valence-electron chi connectivity index (χ2n) is 3.62. The van der Waals surface area contributed by atoms with Crippen LogP contribution >= 0.6 is 0 Å². The summed E-state index contributed by atoms with van der Waals surface area (Å²) in [5, 5.41) is 0. The lowest BCUT2D eigenvalue weighted by molar-refractivity contribution is 0.601. The van der Waals surface area contributed by atoms with E-state index in [4.69, 9.17) is 0 Å². The monoisotopic (exact) mass is 246 g/mol. The zero-order valence-corrected chi connectivity index (χ0v) is 9.94. The Morgan fingerprint density at radius 1 is 0.941 bits per heavy atom. The molecule has 0 saturated heterocycles. The predicted molar refractivity (Wildman–Crippen MR) is 68.2 cm³/mol. The van der Waals surface area contributed by atoms with Crippen molar-refractivity contribution in [2.75, 3.05) is 4.72 Å². The Bertz CT molecular complexity index is 606. The van der Waals surface area contributed by atoms with Gasteiger partial charge in [-0.2, -0.15) is 0 Å². The van der Waals surface area contributed by atoms with E-state index < -0.39 is 10.0 Å². The first-order valence-corrected chi connectivity index (χ1v) is 6.56. The molecule has 0 aliphatic rings. The third-order valence-electron chi connectivity index (χ3n) is 2.23. The van der Waals surface area contributed by atoms with E-state index in [2.05, 4.69) is 11.6 Å². The van der Waals surface area contributed by atoms with Gasteiger partial charge in [0.15, 0.2) is 0 Å². The van der Waals surface area contributed by atoms with Gasteiger partial charge in [0, 0.05) is 5.69 Å². The molecule has 2 aromatic rings. The van der Waals surface area contributed by atoms with Crippen LogP contribution in [-0.4, -0.2) is 8.42 Å². The summed E-state index contributed by atoms with van der Waals surface area (Å²) < 4.78 is 26.5. The first-order chi connectivity index (χ1) is 8.08. The first kappa shape index (κ1) is 11.7. The molecule has 0 heterocycles. The molecule has 0 aliphatic heterocycles. The topological polar surface area (TPSA) is 46.2 Å². The van der Waals surface area contributed by atoms with Crippen LogP contribution in [0.2, 0.25) is 0 Å². The number of hydrogen-bond donors (Lipinski definition) is 1. The zero-order valence-electron chi connectivity index (χ0n) is 9.13. The largest absolute Gasteiger partial charge is 0.280 e. The van der Waals surface area contributed by atoms with Crippen molar-refractivity contribution in [1.29, 1.82) is 0 Å². The SMILES string of the molecule is [CH2]c1cccc(NS(=O)(=O)c2ccccc2)c1. The highest BCUT2D eigenvalue weighted by Gasteiger charge is 2.12. The van der Waals surface area contributed by atoms with Crippen LogP contribution in [0.5, 0.6) is 0 Å². The fourth-order valence-electron chi connectivity index (χ4n) is 1.45. The summed E-state index contributed by atoms with van der Waals surface area (Å²) in [4.78, 5) is 0.245.